The van der Waals surface area contributed by atoms with Crippen molar-refractivity contribution in [1.29, 1.82) is 0 Å². The number of aromatic nitrogens is 1. The summed E-state index contributed by atoms with van der Waals surface area (Å²) in [5.74, 6) is 2.62. The lowest BCUT2D eigenvalue weighted by molar-refractivity contribution is 0.322. The first-order valence-electron chi connectivity index (χ1n) is 6.60. The zero-order valence-corrected chi connectivity index (χ0v) is 11.2. The number of pyridine rings is 1. The first kappa shape index (κ1) is 11.0. The van der Waals surface area contributed by atoms with Crippen molar-refractivity contribution in [3.8, 4) is 0 Å². The Morgan fingerprint density at radius 1 is 1.24 bits per heavy atom. The van der Waals surface area contributed by atoms with E-state index < -0.39 is 0 Å². The van der Waals surface area contributed by atoms with E-state index in [-0.39, 0.29) is 0 Å². The van der Waals surface area contributed by atoms with Crippen LogP contribution < -0.4 is 0 Å². The summed E-state index contributed by atoms with van der Waals surface area (Å²) < 4.78 is 0. The lowest BCUT2D eigenvalue weighted by Crippen LogP contribution is -2.11. The number of hydrogen-bond donors (Lipinski definition) is 0. The van der Waals surface area contributed by atoms with Crippen molar-refractivity contribution in [2.24, 2.45) is 23.2 Å². The van der Waals surface area contributed by atoms with Gasteiger partial charge in [0, 0.05) is 6.20 Å². The highest BCUT2D eigenvalue weighted by molar-refractivity contribution is 5.67. The molecular weight excluding hydrogens is 206 g/mol. The van der Waals surface area contributed by atoms with Crippen LogP contribution in [0.4, 0.5) is 0 Å². The standard InChI is InChI=1S/C16H21N/c1-10-5-6-14(17-9-10)11-7-12-13(8-11)15(12)16(2,3)4/h5-7,9,12-13,15H,8H2,1-4H3. The van der Waals surface area contributed by atoms with Crippen LogP contribution in [-0.4, -0.2) is 4.98 Å². The smallest absolute Gasteiger partial charge is 0.0658 e. The van der Waals surface area contributed by atoms with Crippen molar-refractivity contribution in [2.75, 3.05) is 0 Å². The first-order valence-corrected chi connectivity index (χ1v) is 6.60. The number of allylic oxidation sites excluding steroid dienone is 2. The molecule has 0 bridgehead atoms. The van der Waals surface area contributed by atoms with Gasteiger partial charge in [-0.1, -0.05) is 32.9 Å². The Morgan fingerprint density at radius 3 is 2.47 bits per heavy atom. The summed E-state index contributed by atoms with van der Waals surface area (Å²) in [6.45, 7) is 9.20. The Hall–Kier alpha value is -1.11. The van der Waals surface area contributed by atoms with Crippen LogP contribution in [0.1, 0.15) is 38.4 Å². The van der Waals surface area contributed by atoms with E-state index in [4.69, 9.17) is 0 Å². The predicted molar refractivity (Wildman–Crippen MR) is 71.5 cm³/mol. The normalized spacial score (nSPS) is 31.1. The van der Waals surface area contributed by atoms with E-state index in [0.29, 0.717) is 5.41 Å². The van der Waals surface area contributed by atoms with Gasteiger partial charge in [0.15, 0.2) is 0 Å². The molecule has 2 aliphatic rings. The van der Waals surface area contributed by atoms with E-state index in [2.05, 4.69) is 50.9 Å². The highest BCUT2D eigenvalue weighted by Gasteiger charge is 2.57. The second-order valence-electron chi connectivity index (χ2n) is 6.75. The Kier molecular flexibility index (Phi) is 2.23. The molecule has 17 heavy (non-hydrogen) atoms. The van der Waals surface area contributed by atoms with Crippen LogP contribution in [0.3, 0.4) is 0 Å². The largest absolute Gasteiger partial charge is 0.256 e. The summed E-state index contributed by atoms with van der Waals surface area (Å²) in [5, 5.41) is 0. The van der Waals surface area contributed by atoms with Crippen LogP contribution in [-0.2, 0) is 0 Å². The molecule has 0 saturated heterocycles. The minimum atomic E-state index is 0.470. The number of aryl methyl sites for hydroxylation is 1. The molecule has 0 aliphatic heterocycles. The van der Waals surface area contributed by atoms with Crippen molar-refractivity contribution in [1.82, 2.24) is 4.98 Å². The van der Waals surface area contributed by atoms with Gasteiger partial charge in [-0.2, -0.15) is 0 Å². The number of rotatable bonds is 1. The van der Waals surface area contributed by atoms with Crippen molar-refractivity contribution in [2.45, 2.75) is 34.1 Å². The van der Waals surface area contributed by atoms with Gasteiger partial charge in [0.2, 0.25) is 0 Å². The monoisotopic (exact) mass is 227 g/mol. The molecule has 90 valence electrons. The summed E-state index contributed by atoms with van der Waals surface area (Å²) >= 11 is 0. The first-order chi connectivity index (χ1) is 7.97. The lowest BCUT2D eigenvalue weighted by Gasteiger charge is -2.20. The van der Waals surface area contributed by atoms with Gasteiger partial charge in [0.1, 0.15) is 0 Å². The summed E-state index contributed by atoms with van der Waals surface area (Å²) in [6, 6.07) is 4.33. The van der Waals surface area contributed by atoms with E-state index >= 15 is 0 Å². The Labute approximate surface area is 104 Å². The molecule has 0 spiro atoms. The van der Waals surface area contributed by atoms with Gasteiger partial charge in [-0.3, -0.25) is 4.98 Å². The third-order valence-corrected chi connectivity index (χ3v) is 4.32. The molecule has 1 nitrogen and oxygen atoms in total. The third kappa shape index (κ3) is 1.82. The molecule has 1 fully saturated rings. The van der Waals surface area contributed by atoms with Crippen LogP contribution in [0.15, 0.2) is 24.4 Å². The predicted octanol–water partition coefficient (Wildman–Crippen LogP) is 4.09. The maximum absolute atomic E-state index is 4.53. The quantitative estimate of drug-likeness (QED) is 0.704. The molecule has 0 radical (unpaired) electrons. The highest BCUT2D eigenvalue weighted by atomic mass is 14.7. The van der Waals surface area contributed by atoms with E-state index in [9.17, 15) is 0 Å². The fraction of sp³-hybridized carbons (Fsp3) is 0.562. The average Bonchev–Trinajstić information content (AvgIpc) is 2.78. The average molecular weight is 227 g/mol. The SMILES string of the molecule is Cc1ccc(C2=CC3C(C2)C3C(C)(C)C)nc1. The molecule has 0 amide bonds. The van der Waals surface area contributed by atoms with Gasteiger partial charge in [-0.15, -0.1) is 0 Å². The molecule has 1 saturated carbocycles. The number of hydrogen-bond acceptors (Lipinski definition) is 1. The molecule has 2 aliphatic carbocycles. The molecular formula is C16H21N. The maximum Gasteiger partial charge on any atom is 0.0658 e. The lowest BCUT2D eigenvalue weighted by atomic mass is 9.85. The zero-order chi connectivity index (χ0) is 12.2. The van der Waals surface area contributed by atoms with Crippen LogP contribution in [0.25, 0.3) is 5.57 Å². The van der Waals surface area contributed by atoms with E-state index in [1.54, 1.807) is 0 Å². The fourth-order valence-corrected chi connectivity index (χ4v) is 3.51. The van der Waals surface area contributed by atoms with Crippen LogP contribution in [0.5, 0.6) is 0 Å². The van der Waals surface area contributed by atoms with Gasteiger partial charge in [-0.05, 0) is 53.7 Å². The minimum absolute atomic E-state index is 0.470. The molecule has 3 rings (SSSR count). The number of nitrogens with zero attached hydrogens (tertiary/aromatic N) is 1. The Bertz CT molecular complexity index is 461. The molecule has 1 heteroatoms. The second kappa shape index (κ2) is 3.44. The summed E-state index contributed by atoms with van der Waals surface area (Å²) in [7, 11) is 0. The van der Waals surface area contributed by atoms with E-state index in [1.165, 1.54) is 23.3 Å². The Balaban J connectivity index is 1.78. The summed E-state index contributed by atoms with van der Waals surface area (Å²) in [5.41, 5.74) is 4.37. The molecule has 3 atom stereocenters. The van der Waals surface area contributed by atoms with Gasteiger partial charge in [-0.25, -0.2) is 0 Å². The van der Waals surface area contributed by atoms with Crippen LogP contribution >= 0.6 is 0 Å². The van der Waals surface area contributed by atoms with Crippen molar-refractivity contribution in [3.05, 3.63) is 35.7 Å². The molecule has 1 heterocycles. The number of fused-ring (bicyclic) bond motifs is 1. The summed E-state index contributed by atoms with van der Waals surface area (Å²) in [4.78, 5) is 4.53. The van der Waals surface area contributed by atoms with E-state index in [0.717, 1.165) is 17.8 Å². The second-order valence-corrected chi connectivity index (χ2v) is 6.75. The van der Waals surface area contributed by atoms with Gasteiger partial charge < -0.3 is 0 Å². The highest BCUT2D eigenvalue weighted by Crippen LogP contribution is 2.64. The molecule has 1 aromatic rings. The maximum atomic E-state index is 4.53. The molecule has 0 N–H and O–H groups in total. The summed E-state index contributed by atoms with van der Waals surface area (Å²) in [6.07, 6.45) is 5.70. The minimum Gasteiger partial charge on any atom is -0.256 e. The zero-order valence-electron chi connectivity index (χ0n) is 11.2. The fourth-order valence-electron chi connectivity index (χ4n) is 3.51. The van der Waals surface area contributed by atoms with Crippen molar-refractivity contribution < 1.29 is 0 Å². The topological polar surface area (TPSA) is 12.9 Å². The molecule has 1 aromatic heterocycles. The van der Waals surface area contributed by atoms with E-state index in [1.807, 2.05) is 6.20 Å². The van der Waals surface area contributed by atoms with Crippen molar-refractivity contribution >= 4 is 5.57 Å². The third-order valence-electron chi connectivity index (χ3n) is 4.32. The molecule has 3 unspecified atom stereocenters. The molecule has 0 aromatic carbocycles. The van der Waals surface area contributed by atoms with Gasteiger partial charge >= 0.3 is 0 Å². The van der Waals surface area contributed by atoms with Crippen molar-refractivity contribution in [3.63, 3.8) is 0 Å². The van der Waals surface area contributed by atoms with Crippen LogP contribution in [0, 0.1) is 30.1 Å². The van der Waals surface area contributed by atoms with Crippen LogP contribution in [0.2, 0.25) is 0 Å². The van der Waals surface area contributed by atoms with Gasteiger partial charge in [0.05, 0.1) is 5.69 Å². The Morgan fingerprint density at radius 2 is 2.00 bits per heavy atom. The van der Waals surface area contributed by atoms with Gasteiger partial charge in [0.25, 0.3) is 0 Å².